The minimum atomic E-state index is 0.108. The van der Waals surface area contributed by atoms with Crippen LogP contribution in [0, 0.1) is 17.8 Å². The predicted molar refractivity (Wildman–Crippen MR) is 57.2 cm³/mol. The second-order valence-electron chi connectivity index (χ2n) is 4.70. The molecule has 4 heteroatoms. The third-order valence-electron chi connectivity index (χ3n) is 3.71. The van der Waals surface area contributed by atoms with E-state index in [2.05, 4.69) is 9.97 Å². The van der Waals surface area contributed by atoms with Gasteiger partial charge in [-0.3, -0.25) is 4.79 Å². The molecule has 0 N–H and O–H groups in total. The molecule has 0 aromatic carbocycles. The highest BCUT2D eigenvalue weighted by Crippen LogP contribution is 2.55. The van der Waals surface area contributed by atoms with Gasteiger partial charge in [0.2, 0.25) is 5.88 Å². The molecule has 2 unspecified atom stereocenters. The van der Waals surface area contributed by atoms with Crippen molar-refractivity contribution >= 4 is 5.78 Å². The summed E-state index contributed by atoms with van der Waals surface area (Å²) in [4.78, 5) is 20.3. The quantitative estimate of drug-likeness (QED) is 0.725. The first kappa shape index (κ1) is 9.75. The van der Waals surface area contributed by atoms with Gasteiger partial charge in [-0.2, -0.15) is 0 Å². The summed E-state index contributed by atoms with van der Waals surface area (Å²) in [6, 6.07) is 0. The molecular formula is C12H14N2O2. The summed E-state index contributed by atoms with van der Waals surface area (Å²) in [7, 11) is 1.52. The topological polar surface area (TPSA) is 52.1 Å². The van der Waals surface area contributed by atoms with Crippen molar-refractivity contribution in [2.45, 2.75) is 19.3 Å². The highest BCUT2D eigenvalue weighted by Gasteiger charge is 2.48. The molecule has 0 aliphatic heterocycles. The van der Waals surface area contributed by atoms with E-state index in [0.717, 1.165) is 24.7 Å². The van der Waals surface area contributed by atoms with Crippen LogP contribution in [0.3, 0.4) is 0 Å². The first-order valence-electron chi connectivity index (χ1n) is 5.68. The van der Waals surface area contributed by atoms with Gasteiger partial charge < -0.3 is 4.74 Å². The lowest BCUT2D eigenvalue weighted by Gasteiger charge is -2.11. The van der Waals surface area contributed by atoms with E-state index in [1.165, 1.54) is 13.5 Å². The van der Waals surface area contributed by atoms with Crippen molar-refractivity contribution in [3.8, 4) is 5.88 Å². The van der Waals surface area contributed by atoms with Crippen LogP contribution in [0.25, 0.3) is 0 Å². The van der Waals surface area contributed by atoms with Crippen molar-refractivity contribution in [1.82, 2.24) is 9.97 Å². The Morgan fingerprint density at radius 2 is 1.94 bits per heavy atom. The number of hydrogen-bond donors (Lipinski definition) is 0. The molecule has 4 nitrogen and oxygen atoms in total. The molecule has 1 aromatic heterocycles. The number of hydrogen-bond acceptors (Lipinski definition) is 4. The molecule has 0 radical (unpaired) electrons. The van der Waals surface area contributed by atoms with Crippen LogP contribution in [0.4, 0.5) is 0 Å². The van der Waals surface area contributed by atoms with Gasteiger partial charge in [0.25, 0.3) is 0 Å². The highest BCUT2D eigenvalue weighted by molar-refractivity contribution is 5.98. The van der Waals surface area contributed by atoms with Gasteiger partial charge in [0.05, 0.1) is 7.11 Å². The Morgan fingerprint density at radius 3 is 2.62 bits per heavy atom. The van der Waals surface area contributed by atoms with E-state index in [1.54, 1.807) is 12.4 Å². The van der Waals surface area contributed by atoms with E-state index in [1.807, 2.05) is 0 Å². The van der Waals surface area contributed by atoms with Crippen molar-refractivity contribution in [3.05, 3.63) is 18.1 Å². The Kier molecular flexibility index (Phi) is 2.16. The van der Waals surface area contributed by atoms with E-state index in [0.29, 0.717) is 11.6 Å². The fourth-order valence-electron chi connectivity index (χ4n) is 2.77. The molecule has 2 atom stereocenters. The molecule has 2 aliphatic rings. The average molecular weight is 218 g/mol. The Balaban J connectivity index is 1.83. The van der Waals surface area contributed by atoms with Crippen LogP contribution in [0.15, 0.2) is 12.4 Å². The maximum absolute atomic E-state index is 12.2. The van der Waals surface area contributed by atoms with E-state index < -0.39 is 0 Å². The Labute approximate surface area is 94.1 Å². The minimum Gasteiger partial charge on any atom is -0.479 e. The Hall–Kier alpha value is -1.45. The van der Waals surface area contributed by atoms with E-state index in [9.17, 15) is 4.79 Å². The summed E-state index contributed by atoms with van der Waals surface area (Å²) >= 11 is 0. The van der Waals surface area contributed by atoms with Crippen LogP contribution >= 0.6 is 0 Å². The fraction of sp³-hybridized carbons (Fsp3) is 0.583. The maximum atomic E-state index is 12.2. The molecule has 84 valence electrons. The molecule has 1 aromatic rings. The third-order valence-corrected chi connectivity index (χ3v) is 3.71. The molecule has 3 rings (SSSR count). The highest BCUT2D eigenvalue weighted by atomic mass is 16.5. The predicted octanol–water partition coefficient (Wildman–Crippen LogP) is 1.71. The molecule has 2 saturated carbocycles. The lowest BCUT2D eigenvalue weighted by Crippen LogP contribution is -2.16. The zero-order chi connectivity index (χ0) is 11.1. The average Bonchev–Trinajstić information content (AvgIpc) is 2.95. The van der Waals surface area contributed by atoms with Gasteiger partial charge in [-0.25, -0.2) is 9.97 Å². The van der Waals surface area contributed by atoms with Crippen molar-refractivity contribution in [2.75, 3.05) is 7.11 Å². The largest absolute Gasteiger partial charge is 0.479 e. The number of methoxy groups -OCH3 is 1. The SMILES string of the molecule is COc1nccnc1C(=O)C1CC2CC2C1. The zero-order valence-electron chi connectivity index (χ0n) is 9.22. The van der Waals surface area contributed by atoms with Gasteiger partial charge in [-0.1, -0.05) is 0 Å². The monoisotopic (exact) mass is 218 g/mol. The summed E-state index contributed by atoms with van der Waals surface area (Å²) < 4.78 is 5.07. The molecule has 2 fully saturated rings. The third kappa shape index (κ3) is 1.49. The number of rotatable bonds is 3. The second kappa shape index (κ2) is 3.54. The summed E-state index contributed by atoms with van der Waals surface area (Å²) in [6.07, 6.45) is 6.47. The number of aromatic nitrogens is 2. The summed E-state index contributed by atoms with van der Waals surface area (Å²) in [5, 5.41) is 0. The summed E-state index contributed by atoms with van der Waals surface area (Å²) in [6.45, 7) is 0. The number of ketones is 1. The molecule has 0 amide bonds. The Morgan fingerprint density at radius 1 is 1.25 bits per heavy atom. The normalized spacial score (nSPS) is 30.9. The van der Waals surface area contributed by atoms with Gasteiger partial charge in [0, 0.05) is 18.3 Å². The van der Waals surface area contributed by atoms with Gasteiger partial charge in [0.15, 0.2) is 11.5 Å². The van der Waals surface area contributed by atoms with Crippen molar-refractivity contribution in [2.24, 2.45) is 17.8 Å². The zero-order valence-corrected chi connectivity index (χ0v) is 9.22. The number of carbonyl (C=O) groups is 1. The maximum Gasteiger partial charge on any atom is 0.243 e. The van der Waals surface area contributed by atoms with Gasteiger partial charge >= 0.3 is 0 Å². The van der Waals surface area contributed by atoms with Crippen molar-refractivity contribution in [3.63, 3.8) is 0 Å². The Bertz CT molecular complexity index is 423. The summed E-state index contributed by atoms with van der Waals surface area (Å²) in [5.41, 5.74) is 0.399. The van der Waals surface area contributed by atoms with Crippen LogP contribution in [-0.4, -0.2) is 22.9 Å². The van der Waals surface area contributed by atoms with Crippen LogP contribution in [0.2, 0.25) is 0 Å². The minimum absolute atomic E-state index is 0.108. The molecule has 16 heavy (non-hydrogen) atoms. The molecular weight excluding hydrogens is 204 g/mol. The van der Waals surface area contributed by atoms with Crippen LogP contribution in [0.5, 0.6) is 5.88 Å². The number of nitrogens with zero attached hydrogens (tertiary/aromatic N) is 2. The standard InChI is InChI=1S/C12H14N2O2/c1-16-12-10(13-2-3-14-12)11(15)9-5-7-4-8(7)6-9/h2-3,7-9H,4-6H2,1H3. The molecule has 2 aliphatic carbocycles. The van der Waals surface area contributed by atoms with E-state index in [-0.39, 0.29) is 11.7 Å². The fourth-order valence-corrected chi connectivity index (χ4v) is 2.77. The first-order chi connectivity index (χ1) is 7.79. The van der Waals surface area contributed by atoms with Crippen molar-refractivity contribution in [1.29, 1.82) is 0 Å². The molecule has 0 spiro atoms. The van der Waals surface area contributed by atoms with Crippen LogP contribution in [-0.2, 0) is 0 Å². The van der Waals surface area contributed by atoms with E-state index in [4.69, 9.17) is 4.74 Å². The number of carbonyl (C=O) groups excluding carboxylic acids is 1. The first-order valence-corrected chi connectivity index (χ1v) is 5.68. The molecule has 1 heterocycles. The number of ether oxygens (including phenoxy) is 1. The van der Waals surface area contributed by atoms with Crippen LogP contribution < -0.4 is 4.74 Å². The van der Waals surface area contributed by atoms with Gasteiger partial charge in [0.1, 0.15) is 0 Å². The van der Waals surface area contributed by atoms with Crippen molar-refractivity contribution < 1.29 is 9.53 Å². The second-order valence-corrected chi connectivity index (χ2v) is 4.70. The van der Waals surface area contributed by atoms with Gasteiger partial charge in [-0.05, 0) is 31.1 Å². The molecule has 0 bridgehead atoms. The summed E-state index contributed by atoms with van der Waals surface area (Å²) in [5.74, 6) is 2.22. The van der Waals surface area contributed by atoms with Crippen LogP contribution in [0.1, 0.15) is 29.8 Å². The number of Topliss-reactive ketones (excluding diaryl/α,β-unsaturated/α-hetero) is 1. The van der Waals surface area contributed by atoms with E-state index >= 15 is 0 Å². The lowest BCUT2D eigenvalue weighted by atomic mass is 9.96. The smallest absolute Gasteiger partial charge is 0.243 e. The molecule has 0 saturated heterocycles. The lowest BCUT2D eigenvalue weighted by molar-refractivity contribution is 0.0905. The number of fused-ring (bicyclic) bond motifs is 1. The van der Waals surface area contributed by atoms with Gasteiger partial charge in [-0.15, -0.1) is 0 Å².